The van der Waals surface area contributed by atoms with Gasteiger partial charge in [-0.1, -0.05) is 54.6 Å². The van der Waals surface area contributed by atoms with E-state index in [0.29, 0.717) is 13.1 Å². The molecule has 3 aromatic carbocycles. The molecule has 1 fully saturated rings. The standard InChI is InChI=1S/C26H25N3O3/c1-16-20(18-6-3-2-4-7-18)8-5-9-21(16)25-27-22-11-10-17(12-23(22)28-25)14-29-15-19(30)13-24(29)26(31)32/h2-12,19,24,30H,13-15H2,1H3,(H,27,28)(H,31,32)/t19-,24-/m0/s1. The van der Waals surface area contributed by atoms with Crippen LogP contribution in [0.2, 0.25) is 0 Å². The number of H-pyrrole nitrogens is 1. The Hall–Kier alpha value is -3.48. The zero-order valence-electron chi connectivity index (χ0n) is 17.8. The molecule has 5 rings (SSSR count). The van der Waals surface area contributed by atoms with Gasteiger partial charge in [-0.2, -0.15) is 0 Å². The fourth-order valence-electron chi connectivity index (χ4n) is 4.65. The van der Waals surface area contributed by atoms with Gasteiger partial charge in [0.1, 0.15) is 11.9 Å². The number of aliphatic carboxylic acids is 1. The SMILES string of the molecule is Cc1c(-c2ccccc2)cccc1-c1nc2cc(CN3C[C@@H](O)C[C@H]3C(=O)O)ccc2[nH]1. The van der Waals surface area contributed by atoms with E-state index in [1.165, 1.54) is 11.1 Å². The minimum Gasteiger partial charge on any atom is -0.480 e. The van der Waals surface area contributed by atoms with Gasteiger partial charge in [-0.3, -0.25) is 9.69 Å². The van der Waals surface area contributed by atoms with Gasteiger partial charge in [-0.15, -0.1) is 0 Å². The Morgan fingerprint density at radius 1 is 1.09 bits per heavy atom. The van der Waals surface area contributed by atoms with Crippen LogP contribution >= 0.6 is 0 Å². The van der Waals surface area contributed by atoms with Crippen molar-refractivity contribution in [1.29, 1.82) is 0 Å². The van der Waals surface area contributed by atoms with Crippen LogP contribution in [-0.4, -0.2) is 49.7 Å². The first kappa shape index (κ1) is 20.4. The van der Waals surface area contributed by atoms with Gasteiger partial charge in [0, 0.05) is 25.1 Å². The molecule has 3 N–H and O–H groups in total. The summed E-state index contributed by atoms with van der Waals surface area (Å²) in [4.78, 5) is 21.6. The van der Waals surface area contributed by atoms with Gasteiger partial charge < -0.3 is 15.2 Å². The Balaban J connectivity index is 1.46. The number of β-amino-alcohol motifs (C(OH)–C–C–N with tert-alkyl or cyclic N) is 1. The normalized spacial score (nSPS) is 18.9. The molecule has 1 aliphatic heterocycles. The van der Waals surface area contributed by atoms with E-state index < -0.39 is 18.1 Å². The highest BCUT2D eigenvalue weighted by Gasteiger charge is 2.35. The third kappa shape index (κ3) is 3.79. The van der Waals surface area contributed by atoms with Crippen molar-refractivity contribution in [3.63, 3.8) is 0 Å². The Labute approximate surface area is 186 Å². The maximum atomic E-state index is 11.5. The molecule has 0 spiro atoms. The highest BCUT2D eigenvalue weighted by atomic mass is 16.4. The highest BCUT2D eigenvalue weighted by molar-refractivity contribution is 5.83. The lowest BCUT2D eigenvalue weighted by atomic mass is 9.96. The van der Waals surface area contributed by atoms with E-state index >= 15 is 0 Å². The van der Waals surface area contributed by atoms with Gasteiger partial charge in [-0.05, 0) is 41.3 Å². The van der Waals surface area contributed by atoms with Crippen LogP contribution in [0.4, 0.5) is 0 Å². The molecule has 2 atom stereocenters. The molecule has 1 aliphatic rings. The summed E-state index contributed by atoms with van der Waals surface area (Å²) in [5, 5.41) is 19.3. The minimum absolute atomic E-state index is 0.265. The number of benzene rings is 3. The van der Waals surface area contributed by atoms with Crippen molar-refractivity contribution in [2.24, 2.45) is 0 Å². The maximum Gasteiger partial charge on any atom is 0.321 e. The molecule has 0 amide bonds. The van der Waals surface area contributed by atoms with Crippen LogP contribution in [0.3, 0.4) is 0 Å². The number of aromatic nitrogens is 2. The number of carbonyl (C=O) groups is 1. The third-order valence-corrected chi connectivity index (χ3v) is 6.27. The second kappa shape index (κ2) is 8.22. The molecule has 6 heteroatoms. The molecule has 1 saturated heterocycles. The number of hydrogen-bond donors (Lipinski definition) is 3. The number of carboxylic acid groups (broad SMARTS) is 1. The topological polar surface area (TPSA) is 89.4 Å². The van der Waals surface area contributed by atoms with Gasteiger partial charge in [0.15, 0.2) is 0 Å². The quantitative estimate of drug-likeness (QED) is 0.444. The smallest absolute Gasteiger partial charge is 0.321 e. The van der Waals surface area contributed by atoms with Crippen molar-refractivity contribution in [1.82, 2.24) is 14.9 Å². The molecule has 4 aromatic rings. The van der Waals surface area contributed by atoms with E-state index in [2.05, 4.69) is 36.2 Å². The van der Waals surface area contributed by atoms with Crippen LogP contribution in [0.1, 0.15) is 17.5 Å². The number of imidazole rings is 1. The molecule has 162 valence electrons. The molecule has 0 saturated carbocycles. The Morgan fingerprint density at radius 3 is 2.66 bits per heavy atom. The molecule has 0 bridgehead atoms. The van der Waals surface area contributed by atoms with Crippen LogP contribution in [-0.2, 0) is 11.3 Å². The largest absolute Gasteiger partial charge is 0.480 e. The average Bonchev–Trinajstić information content (AvgIpc) is 3.37. The summed E-state index contributed by atoms with van der Waals surface area (Å²) in [6.07, 6.45) is -0.335. The van der Waals surface area contributed by atoms with Crippen LogP contribution in [0.25, 0.3) is 33.5 Å². The lowest BCUT2D eigenvalue weighted by Gasteiger charge is -2.20. The molecule has 2 heterocycles. The molecule has 0 radical (unpaired) electrons. The number of aliphatic hydroxyl groups excluding tert-OH is 1. The summed E-state index contributed by atoms with van der Waals surface area (Å²) in [5.41, 5.74) is 7.32. The number of aromatic amines is 1. The Bertz CT molecular complexity index is 1280. The molecule has 32 heavy (non-hydrogen) atoms. The van der Waals surface area contributed by atoms with Crippen molar-refractivity contribution in [3.8, 4) is 22.5 Å². The minimum atomic E-state index is -0.890. The monoisotopic (exact) mass is 427 g/mol. The highest BCUT2D eigenvalue weighted by Crippen LogP contribution is 2.31. The number of carboxylic acids is 1. The molecule has 1 aromatic heterocycles. The molecule has 6 nitrogen and oxygen atoms in total. The van der Waals surface area contributed by atoms with Crippen molar-refractivity contribution in [2.75, 3.05) is 6.54 Å². The van der Waals surface area contributed by atoms with Crippen LogP contribution < -0.4 is 0 Å². The van der Waals surface area contributed by atoms with E-state index in [-0.39, 0.29) is 6.42 Å². The van der Waals surface area contributed by atoms with E-state index in [4.69, 9.17) is 4.98 Å². The zero-order chi connectivity index (χ0) is 22.2. The molecular formula is C26H25N3O3. The van der Waals surface area contributed by atoms with Crippen molar-refractivity contribution in [3.05, 3.63) is 77.9 Å². The fourth-order valence-corrected chi connectivity index (χ4v) is 4.65. The number of nitrogens with one attached hydrogen (secondary N) is 1. The predicted octanol–water partition coefficient (Wildman–Crippen LogP) is 4.23. The summed E-state index contributed by atoms with van der Waals surface area (Å²) in [7, 11) is 0. The van der Waals surface area contributed by atoms with Crippen molar-refractivity contribution in [2.45, 2.75) is 32.0 Å². The van der Waals surface area contributed by atoms with E-state index in [1.54, 1.807) is 0 Å². The number of rotatable bonds is 5. The number of hydrogen-bond acceptors (Lipinski definition) is 4. The second-order valence-corrected chi connectivity index (χ2v) is 8.45. The first-order chi connectivity index (χ1) is 15.5. The van der Waals surface area contributed by atoms with Crippen LogP contribution in [0, 0.1) is 6.92 Å². The Kier molecular flexibility index (Phi) is 5.25. The summed E-state index contributed by atoms with van der Waals surface area (Å²) in [6, 6.07) is 21.9. The van der Waals surface area contributed by atoms with Gasteiger partial charge in [0.05, 0.1) is 17.1 Å². The summed E-state index contributed by atoms with van der Waals surface area (Å²) in [5.74, 6) is -0.0779. The fraction of sp³-hybridized carbons (Fsp3) is 0.231. The lowest BCUT2D eigenvalue weighted by molar-refractivity contribution is -0.142. The number of likely N-dealkylation sites (tertiary alicyclic amines) is 1. The van der Waals surface area contributed by atoms with E-state index in [0.717, 1.165) is 33.5 Å². The predicted molar refractivity (Wildman–Crippen MR) is 124 cm³/mol. The molecule has 0 aliphatic carbocycles. The third-order valence-electron chi connectivity index (χ3n) is 6.27. The number of nitrogens with zero attached hydrogens (tertiary/aromatic N) is 2. The van der Waals surface area contributed by atoms with Gasteiger partial charge in [0.25, 0.3) is 0 Å². The first-order valence-corrected chi connectivity index (χ1v) is 10.8. The zero-order valence-corrected chi connectivity index (χ0v) is 17.8. The second-order valence-electron chi connectivity index (χ2n) is 8.45. The van der Waals surface area contributed by atoms with Gasteiger partial charge in [-0.25, -0.2) is 4.98 Å². The van der Waals surface area contributed by atoms with Crippen LogP contribution in [0.15, 0.2) is 66.7 Å². The van der Waals surface area contributed by atoms with Crippen molar-refractivity contribution < 1.29 is 15.0 Å². The lowest BCUT2D eigenvalue weighted by Crippen LogP contribution is -2.35. The maximum absolute atomic E-state index is 11.5. The number of fused-ring (bicyclic) bond motifs is 1. The average molecular weight is 428 g/mol. The number of aliphatic hydroxyl groups is 1. The molecule has 0 unspecified atom stereocenters. The molecular weight excluding hydrogens is 402 g/mol. The van der Waals surface area contributed by atoms with Crippen LogP contribution in [0.5, 0.6) is 0 Å². The summed E-state index contributed by atoms with van der Waals surface area (Å²) in [6.45, 7) is 2.95. The first-order valence-electron chi connectivity index (χ1n) is 10.8. The van der Waals surface area contributed by atoms with Gasteiger partial charge >= 0.3 is 5.97 Å². The van der Waals surface area contributed by atoms with E-state index in [9.17, 15) is 15.0 Å². The Morgan fingerprint density at radius 2 is 1.88 bits per heavy atom. The summed E-state index contributed by atoms with van der Waals surface area (Å²) < 4.78 is 0. The summed E-state index contributed by atoms with van der Waals surface area (Å²) >= 11 is 0. The van der Waals surface area contributed by atoms with Gasteiger partial charge in [0.2, 0.25) is 0 Å². The van der Waals surface area contributed by atoms with Crippen molar-refractivity contribution >= 4 is 17.0 Å². The van der Waals surface area contributed by atoms with E-state index in [1.807, 2.05) is 47.4 Å².